The van der Waals surface area contributed by atoms with Crippen LogP contribution in [0.4, 0.5) is 0 Å². The van der Waals surface area contributed by atoms with E-state index in [-0.39, 0.29) is 5.63 Å². The lowest BCUT2D eigenvalue weighted by Crippen LogP contribution is -2.02. The Bertz CT molecular complexity index is 630. The van der Waals surface area contributed by atoms with Crippen molar-refractivity contribution in [1.82, 2.24) is 0 Å². The summed E-state index contributed by atoms with van der Waals surface area (Å²) >= 11 is 0. The third kappa shape index (κ3) is 4.25. The number of unbranched alkanes of at least 4 members (excludes halogenated alkanes) is 2. The lowest BCUT2D eigenvalue weighted by molar-refractivity contribution is 0.296. The Balaban J connectivity index is 2.30. The van der Waals surface area contributed by atoms with E-state index >= 15 is 0 Å². The van der Waals surface area contributed by atoms with E-state index in [9.17, 15) is 4.79 Å². The molecule has 0 N–H and O–H groups in total. The van der Waals surface area contributed by atoms with Crippen LogP contribution in [0.2, 0.25) is 0 Å². The van der Waals surface area contributed by atoms with Gasteiger partial charge in [0, 0.05) is 18.2 Å². The molecule has 0 amide bonds. The van der Waals surface area contributed by atoms with Gasteiger partial charge in [-0.25, -0.2) is 4.79 Å². The highest BCUT2D eigenvalue weighted by Crippen LogP contribution is 2.30. The summed E-state index contributed by atoms with van der Waals surface area (Å²) < 4.78 is 16.7. The summed E-state index contributed by atoms with van der Waals surface area (Å²) in [4.78, 5) is 11.4. The Kier molecular flexibility index (Phi) is 5.67. The van der Waals surface area contributed by atoms with Crippen LogP contribution in [0.1, 0.15) is 39.5 Å². The van der Waals surface area contributed by atoms with Crippen LogP contribution in [0.3, 0.4) is 0 Å². The third-order valence-corrected chi connectivity index (χ3v) is 3.20. The molecule has 0 unspecified atom stereocenters. The zero-order valence-electron chi connectivity index (χ0n) is 12.7. The maximum absolute atomic E-state index is 11.4. The molecule has 114 valence electrons. The molecule has 0 spiro atoms. The summed E-state index contributed by atoms with van der Waals surface area (Å²) in [6.45, 7) is 5.52. The van der Waals surface area contributed by atoms with Crippen LogP contribution < -0.4 is 15.1 Å². The van der Waals surface area contributed by atoms with E-state index in [1.165, 1.54) is 6.07 Å². The first-order chi connectivity index (χ1) is 10.2. The highest BCUT2D eigenvalue weighted by atomic mass is 16.5. The van der Waals surface area contributed by atoms with Crippen molar-refractivity contribution in [2.75, 3.05) is 13.2 Å². The molecule has 0 saturated carbocycles. The van der Waals surface area contributed by atoms with Gasteiger partial charge in [-0.15, -0.1) is 0 Å². The second-order valence-electron chi connectivity index (χ2n) is 4.99. The molecule has 0 aliphatic heterocycles. The van der Waals surface area contributed by atoms with Gasteiger partial charge in [-0.2, -0.15) is 0 Å². The van der Waals surface area contributed by atoms with Gasteiger partial charge >= 0.3 is 5.63 Å². The standard InChI is InChI=1S/C17H22O4/c1-3-5-9-19-13-11-15(20-10-6-4-2)14-7-8-17(18)21-16(14)12-13/h7-8,11-12H,3-6,9-10H2,1-2H3. The predicted octanol–water partition coefficient (Wildman–Crippen LogP) is 4.15. The molecular weight excluding hydrogens is 268 g/mol. The van der Waals surface area contributed by atoms with E-state index in [1.54, 1.807) is 12.1 Å². The Labute approximate surface area is 124 Å². The lowest BCUT2D eigenvalue weighted by atomic mass is 10.2. The van der Waals surface area contributed by atoms with E-state index < -0.39 is 0 Å². The zero-order valence-corrected chi connectivity index (χ0v) is 12.7. The summed E-state index contributed by atoms with van der Waals surface area (Å²) in [6.07, 6.45) is 4.12. The van der Waals surface area contributed by atoms with E-state index in [1.807, 2.05) is 6.07 Å². The normalized spacial score (nSPS) is 10.8. The van der Waals surface area contributed by atoms with Gasteiger partial charge in [-0.3, -0.25) is 0 Å². The van der Waals surface area contributed by atoms with Crippen molar-refractivity contribution in [3.8, 4) is 11.5 Å². The molecule has 0 saturated heterocycles. The number of hydrogen-bond donors (Lipinski definition) is 0. The Morgan fingerprint density at radius 3 is 2.43 bits per heavy atom. The fraction of sp³-hybridized carbons (Fsp3) is 0.471. The number of ether oxygens (including phenoxy) is 2. The monoisotopic (exact) mass is 290 g/mol. The van der Waals surface area contributed by atoms with Crippen molar-refractivity contribution in [2.45, 2.75) is 39.5 Å². The van der Waals surface area contributed by atoms with Gasteiger partial charge in [0.25, 0.3) is 0 Å². The molecule has 0 aliphatic carbocycles. The number of fused-ring (bicyclic) bond motifs is 1. The van der Waals surface area contributed by atoms with E-state index in [0.29, 0.717) is 30.3 Å². The molecule has 0 atom stereocenters. The van der Waals surface area contributed by atoms with Gasteiger partial charge < -0.3 is 13.9 Å². The first-order valence-electron chi connectivity index (χ1n) is 7.58. The van der Waals surface area contributed by atoms with Gasteiger partial charge in [-0.1, -0.05) is 26.7 Å². The summed E-state index contributed by atoms with van der Waals surface area (Å²) in [5, 5.41) is 0.800. The van der Waals surface area contributed by atoms with Crippen LogP contribution in [0.25, 0.3) is 11.0 Å². The van der Waals surface area contributed by atoms with Crippen LogP contribution >= 0.6 is 0 Å². The summed E-state index contributed by atoms with van der Waals surface area (Å²) in [5.41, 5.74) is 0.135. The quantitative estimate of drug-likeness (QED) is 0.541. The highest BCUT2D eigenvalue weighted by Gasteiger charge is 2.09. The molecule has 2 aromatic rings. The number of benzene rings is 1. The van der Waals surface area contributed by atoms with Crippen molar-refractivity contribution in [2.24, 2.45) is 0 Å². The molecule has 1 aromatic heterocycles. The maximum atomic E-state index is 11.4. The Morgan fingerprint density at radius 1 is 1.00 bits per heavy atom. The van der Waals surface area contributed by atoms with Crippen LogP contribution in [0, 0.1) is 0 Å². The van der Waals surface area contributed by atoms with Crippen molar-refractivity contribution >= 4 is 11.0 Å². The summed E-state index contributed by atoms with van der Waals surface area (Å²) in [7, 11) is 0. The smallest absolute Gasteiger partial charge is 0.336 e. The summed E-state index contributed by atoms with van der Waals surface area (Å²) in [6, 6.07) is 6.76. The van der Waals surface area contributed by atoms with E-state index in [2.05, 4.69) is 13.8 Å². The topological polar surface area (TPSA) is 48.7 Å². The number of rotatable bonds is 8. The molecule has 0 radical (unpaired) electrons. The van der Waals surface area contributed by atoms with E-state index in [0.717, 1.165) is 31.1 Å². The second kappa shape index (κ2) is 7.72. The maximum Gasteiger partial charge on any atom is 0.336 e. The minimum atomic E-state index is -0.368. The molecule has 0 aliphatic rings. The number of hydrogen-bond acceptors (Lipinski definition) is 4. The molecule has 21 heavy (non-hydrogen) atoms. The van der Waals surface area contributed by atoms with Crippen molar-refractivity contribution in [3.05, 3.63) is 34.7 Å². The minimum Gasteiger partial charge on any atom is -0.493 e. The van der Waals surface area contributed by atoms with Crippen molar-refractivity contribution < 1.29 is 13.9 Å². The van der Waals surface area contributed by atoms with Gasteiger partial charge in [0.2, 0.25) is 0 Å². The fourth-order valence-electron chi connectivity index (χ4n) is 1.98. The largest absolute Gasteiger partial charge is 0.493 e. The van der Waals surface area contributed by atoms with Crippen LogP contribution in [-0.4, -0.2) is 13.2 Å². The van der Waals surface area contributed by atoms with E-state index in [4.69, 9.17) is 13.9 Å². The second-order valence-corrected chi connectivity index (χ2v) is 4.99. The Morgan fingerprint density at radius 2 is 1.71 bits per heavy atom. The summed E-state index contributed by atoms with van der Waals surface area (Å²) in [5.74, 6) is 1.38. The first-order valence-corrected chi connectivity index (χ1v) is 7.58. The van der Waals surface area contributed by atoms with Crippen LogP contribution in [-0.2, 0) is 0 Å². The van der Waals surface area contributed by atoms with Crippen molar-refractivity contribution in [3.63, 3.8) is 0 Å². The fourth-order valence-corrected chi connectivity index (χ4v) is 1.98. The average Bonchev–Trinajstić information content (AvgIpc) is 2.47. The van der Waals surface area contributed by atoms with Gasteiger partial charge in [-0.05, 0) is 18.9 Å². The molecular formula is C17H22O4. The molecule has 0 bridgehead atoms. The van der Waals surface area contributed by atoms with Gasteiger partial charge in [0.1, 0.15) is 17.1 Å². The lowest BCUT2D eigenvalue weighted by Gasteiger charge is -2.11. The SMILES string of the molecule is CCCCOc1cc(OCCCC)c2ccc(=O)oc2c1. The molecule has 2 rings (SSSR count). The molecule has 4 nitrogen and oxygen atoms in total. The molecule has 1 heterocycles. The molecule has 4 heteroatoms. The van der Waals surface area contributed by atoms with Crippen LogP contribution in [0.5, 0.6) is 11.5 Å². The van der Waals surface area contributed by atoms with Crippen molar-refractivity contribution in [1.29, 1.82) is 0 Å². The first kappa shape index (κ1) is 15.4. The third-order valence-electron chi connectivity index (χ3n) is 3.20. The van der Waals surface area contributed by atoms with Gasteiger partial charge in [0.05, 0.1) is 18.6 Å². The minimum absolute atomic E-state index is 0.368. The zero-order chi connectivity index (χ0) is 15.1. The predicted molar refractivity (Wildman–Crippen MR) is 83.3 cm³/mol. The Hall–Kier alpha value is -1.97. The average molecular weight is 290 g/mol. The molecule has 1 aromatic carbocycles. The molecule has 0 fully saturated rings. The van der Waals surface area contributed by atoms with Crippen LogP contribution in [0.15, 0.2) is 33.5 Å². The highest BCUT2D eigenvalue weighted by molar-refractivity contribution is 5.85. The van der Waals surface area contributed by atoms with Gasteiger partial charge in [0.15, 0.2) is 0 Å².